The van der Waals surface area contributed by atoms with E-state index in [1.165, 1.54) is 17.3 Å². The molecule has 0 aliphatic carbocycles. The van der Waals surface area contributed by atoms with Crippen molar-refractivity contribution in [1.29, 1.82) is 0 Å². The summed E-state index contributed by atoms with van der Waals surface area (Å²) in [6.45, 7) is 14.6. The highest BCUT2D eigenvalue weighted by Crippen LogP contribution is 2.34. The predicted molar refractivity (Wildman–Crippen MR) is 228 cm³/mol. The number of piperazine rings is 1. The Morgan fingerprint density at radius 3 is 2.43 bits per heavy atom. The molecule has 0 bridgehead atoms. The molecule has 2 aliphatic rings. The third kappa shape index (κ3) is 8.77. The molecule has 0 saturated carbocycles. The largest absolute Gasteiger partial charge is 0.369 e. The van der Waals surface area contributed by atoms with Crippen molar-refractivity contribution in [3.05, 3.63) is 113 Å². The van der Waals surface area contributed by atoms with E-state index in [1.54, 1.807) is 6.07 Å². The maximum atomic E-state index is 15.0. The molecule has 2 N–H and O–H groups in total. The number of H-pyrrole nitrogens is 1. The smallest absolute Gasteiger partial charge is 0.238 e. The average Bonchev–Trinajstić information content (AvgIpc) is 3.91. The number of rotatable bonds is 12. The highest BCUT2D eigenvalue weighted by Gasteiger charge is 2.30. The van der Waals surface area contributed by atoms with Crippen molar-refractivity contribution in [3.8, 4) is 22.4 Å². The zero-order chi connectivity index (χ0) is 42.1. The Hall–Kier alpha value is -6.08. The maximum Gasteiger partial charge on any atom is 0.238 e. The van der Waals surface area contributed by atoms with Gasteiger partial charge in [-0.15, -0.1) is 0 Å². The minimum Gasteiger partial charge on any atom is -0.369 e. The highest BCUT2D eigenvalue weighted by atomic mass is 19.1. The number of carbonyl (C=O) groups is 3. The Labute approximate surface area is 349 Å². The number of aryl methyl sites for hydroxylation is 1. The van der Waals surface area contributed by atoms with E-state index in [1.807, 2.05) is 33.0 Å². The van der Waals surface area contributed by atoms with Gasteiger partial charge in [-0.2, -0.15) is 10.1 Å². The maximum absolute atomic E-state index is 15.0. The minimum atomic E-state index is -0.622. The van der Waals surface area contributed by atoms with E-state index in [0.717, 1.165) is 77.3 Å². The summed E-state index contributed by atoms with van der Waals surface area (Å²) in [6.07, 6.45) is 4.16. The lowest BCUT2D eigenvalue weighted by atomic mass is 9.89. The molecule has 2 fully saturated rings. The van der Waals surface area contributed by atoms with Crippen LogP contribution in [0.15, 0.2) is 77.4 Å². The number of piperidine rings is 1. The van der Waals surface area contributed by atoms with Crippen LogP contribution in [0.25, 0.3) is 33.4 Å². The van der Waals surface area contributed by atoms with Gasteiger partial charge in [0.05, 0.1) is 5.92 Å². The second kappa shape index (κ2) is 16.9. The third-order valence-electron chi connectivity index (χ3n) is 11.9. The number of carbonyl (C=O) groups excluding carboxylic acids is 3. The van der Waals surface area contributed by atoms with Crippen molar-refractivity contribution in [1.82, 2.24) is 35.5 Å². The van der Waals surface area contributed by atoms with Crippen LogP contribution in [-0.4, -0.2) is 80.5 Å². The van der Waals surface area contributed by atoms with Crippen LogP contribution in [0.4, 0.5) is 10.1 Å². The first-order valence-electron chi connectivity index (χ1n) is 20.8. The molecule has 2 atom stereocenters. The summed E-state index contributed by atoms with van der Waals surface area (Å²) in [5, 5.41) is 15.0. The summed E-state index contributed by atoms with van der Waals surface area (Å²) in [5.74, 6) is -1.08. The van der Waals surface area contributed by atoms with Gasteiger partial charge in [0.2, 0.25) is 29.3 Å². The third-order valence-corrected chi connectivity index (χ3v) is 11.9. The molecule has 60 heavy (non-hydrogen) atoms. The molecule has 310 valence electrons. The summed E-state index contributed by atoms with van der Waals surface area (Å²) in [5.41, 5.74) is 9.06. The van der Waals surface area contributed by atoms with Gasteiger partial charge in [-0.05, 0) is 84.7 Å². The van der Waals surface area contributed by atoms with E-state index in [0.29, 0.717) is 37.1 Å². The zero-order valence-corrected chi connectivity index (χ0v) is 34.8. The van der Waals surface area contributed by atoms with E-state index in [-0.39, 0.29) is 41.1 Å². The average molecular weight is 811 g/mol. The number of pyridine rings is 1. The minimum absolute atomic E-state index is 0.114. The Kier molecular flexibility index (Phi) is 11.4. The fourth-order valence-electron chi connectivity index (χ4n) is 8.29. The van der Waals surface area contributed by atoms with Crippen molar-refractivity contribution in [2.24, 2.45) is 0 Å². The number of amides is 2. The fourth-order valence-corrected chi connectivity index (χ4v) is 8.29. The number of benzene rings is 3. The van der Waals surface area contributed by atoms with E-state index < -0.39 is 11.8 Å². The van der Waals surface area contributed by atoms with Crippen molar-refractivity contribution in [2.45, 2.75) is 84.0 Å². The van der Waals surface area contributed by atoms with E-state index in [9.17, 15) is 14.4 Å². The number of aromatic nitrogens is 5. The van der Waals surface area contributed by atoms with Crippen molar-refractivity contribution in [2.75, 3.05) is 37.6 Å². The first-order valence-corrected chi connectivity index (χ1v) is 20.8. The molecule has 8 rings (SSSR count). The van der Waals surface area contributed by atoms with Crippen LogP contribution >= 0.6 is 0 Å². The second-order valence-corrected chi connectivity index (χ2v) is 17.3. The van der Waals surface area contributed by atoms with E-state index in [4.69, 9.17) is 9.51 Å². The van der Waals surface area contributed by atoms with Gasteiger partial charge in [0.15, 0.2) is 5.65 Å². The van der Waals surface area contributed by atoms with E-state index in [2.05, 4.69) is 97.8 Å². The van der Waals surface area contributed by atoms with Crippen LogP contribution in [0, 0.1) is 12.7 Å². The fraction of sp³-hybridized carbons (Fsp3) is 0.383. The standard InChI is InChI=1S/C47H51FN8O4/c1-28(6-16-40(57)44-51-46(60-54-44)47(3,4)5)35-14-10-32(24-29(35)2)42-38-26-33(27-49-43(38)53-52-42)31-8-11-34(12-9-31)56-22-20-55(21-23-56)19-18-30-7-13-36(39(48)25-30)37-15-17-41(58)50-45(37)59/h7-14,24-28,37H,6,15-23H2,1-5H3,(H,49,52,53)(H,50,58,59)/t28-,37?/m0/s1. The quantitative estimate of drug-likeness (QED) is 0.0918. The molecule has 6 aromatic rings. The number of hydrogen-bond donors (Lipinski definition) is 2. The number of Topliss-reactive ketones (excluding diaryl/α,β-unsaturated/α-hetero) is 1. The molecule has 3 aromatic carbocycles. The van der Waals surface area contributed by atoms with Gasteiger partial charge in [-0.25, -0.2) is 9.37 Å². The summed E-state index contributed by atoms with van der Waals surface area (Å²) < 4.78 is 20.3. The molecule has 3 aromatic heterocycles. The van der Waals surface area contributed by atoms with Crippen molar-refractivity contribution < 1.29 is 23.3 Å². The van der Waals surface area contributed by atoms with Gasteiger partial charge in [-0.1, -0.05) is 69.2 Å². The van der Waals surface area contributed by atoms with Gasteiger partial charge < -0.3 is 9.42 Å². The SMILES string of the molecule is Cc1cc(-c2n[nH]c3ncc(-c4ccc(N5CCN(CCc6ccc(C7CCC(=O)NC7=O)c(F)c6)CC5)cc4)cc23)ccc1[C@@H](C)CCC(=O)c1noc(C(C)(C)C)n1. The Morgan fingerprint density at radius 2 is 1.73 bits per heavy atom. The van der Waals surface area contributed by atoms with Crippen molar-refractivity contribution in [3.63, 3.8) is 0 Å². The lowest BCUT2D eigenvalue weighted by molar-refractivity contribution is -0.134. The molecule has 1 unspecified atom stereocenters. The number of hydrogen-bond acceptors (Lipinski definition) is 10. The summed E-state index contributed by atoms with van der Waals surface area (Å²) in [4.78, 5) is 50.5. The van der Waals surface area contributed by atoms with Gasteiger partial charge in [0, 0.05) is 84.9 Å². The zero-order valence-electron chi connectivity index (χ0n) is 34.8. The molecule has 13 heteroatoms. The van der Waals surface area contributed by atoms with Gasteiger partial charge in [-0.3, -0.25) is 29.7 Å². The summed E-state index contributed by atoms with van der Waals surface area (Å²) in [6, 6.07) is 22.3. The summed E-state index contributed by atoms with van der Waals surface area (Å²) in [7, 11) is 0. The number of nitrogens with zero attached hydrogens (tertiary/aromatic N) is 6. The monoisotopic (exact) mass is 810 g/mol. The van der Waals surface area contributed by atoms with E-state index >= 15 is 4.39 Å². The van der Waals surface area contributed by atoms with Gasteiger partial charge in [0.25, 0.3) is 0 Å². The lowest BCUT2D eigenvalue weighted by Crippen LogP contribution is -2.47. The Balaban J connectivity index is 0.856. The Bertz CT molecular complexity index is 2550. The Morgan fingerprint density at radius 1 is 0.967 bits per heavy atom. The molecule has 2 saturated heterocycles. The number of imide groups is 1. The number of halogens is 1. The second-order valence-electron chi connectivity index (χ2n) is 17.3. The molecule has 0 spiro atoms. The topological polar surface area (TPSA) is 150 Å². The summed E-state index contributed by atoms with van der Waals surface area (Å²) >= 11 is 0. The van der Waals surface area contributed by atoms with Crippen LogP contribution in [0.3, 0.4) is 0 Å². The molecule has 0 radical (unpaired) electrons. The number of anilines is 1. The number of nitrogens with one attached hydrogen (secondary N) is 2. The molecule has 2 aliphatic heterocycles. The number of fused-ring (bicyclic) bond motifs is 1. The van der Waals surface area contributed by atoms with Crippen LogP contribution in [0.5, 0.6) is 0 Å². The predicted octanol–water partition coefficient (Wildman–Crippen LogP) is 8.07. The molecular formula is C47H51FN8O4. The molecular weight excluding hydrogens is 760 g/mol. The molecule has 12 nitrogen and oxygen atoms in total. The lowest BCUT2D eigenvalue weighted by Gasteiger charge is -2.36. The number of aromatic amines is 1. The van der Waals surface area contributed by atoms with Crippen LogP contribution in [-0.2, 0) is 21.4 Å². The van der Waals surface area contributed by atoms with Crippen LogP contribution < -0.4 is 10.2 Å². The van der Waals surface area contributed by atoms with Crippen LogP contribution in [0.2, 0.25) is 0 Å². The first-order chi connectivity index (χ1) is 28.8. The van der Waals surface area contributed by atoms with Gasteiger partial charge in [0.1, 0.15) is 11.5 Å². The normalized spacial score (nSPS) is 17.0. The number of ketones is 1. The van der Waals surface area contributed by atoms with Crippen LogP contribution in [0.1, 0.15) is 104 Å². The first kappa shape index (κ1) is 40.7. The molecule has 2 amide bonds. The molecule has 5 heterocycles. The van der Waals surface area contributed by atoms with Crippen molar-refractivity contribution >= 4 is 34.3 Å². The van der Waals surface area contributed by atoms with Gasteiger partial charge >= 0.3 is 0 Å². The highest BCUT2D eigenvalue weighted by molar-refractivity contribution is 6.01.